The van der Waals surface area contributed by atoms with Gasteiger partial charge >= 0.3 is 12.3 Å². The molecule has 1 aliphatic heterocycles. The van der Waals surface area contributed by atoms with Crippen molar-refractivity contribution in [2.75, 3.05) is 18.0 Å². The number of anilines is 1. The van der Waals surface area contributed by atoms with Crippen molar-refractivity contribution in [3.63, 3.8) is 0 Å². The molecule has 226 valence electrons. The Labute approximate surface area is 247 Å². The van der Waals surface area contributed by atoms with E-state index in [9.17, 15) is 27.5 Å². The van der Waals surface area contributed by atoms with Gasteiger partial charge in [-0.05, 0) is 68.2 Å². The fraction of sp³-hybridized carbons (Fsp3) is 0.433. The summed E-state index contributed by atoms with van der Waals surface area (Å²) >= 11 is 1.29. The lowest BCUT2D eigenvalue weighted by atomic mass is 9.80. The maximum Gasteiger partial charge on any atom is 0.573 e. The Kier molecular flexibility index (Phi) is 7.04. The summed E-state index contributed by atoms with van der Waals surface area (Å²) in [4.78, 5) is 18.0. The van der Waals surface area contributed by atoms with Crippen LogP contribution in [0.1, 0.15) is 59.7 Å². The summed E-state index contributed by atoms with van der Waals surface area (Å²) in [6.07, 6.45) is -0.469. The van der Waals surface area contributed by atoms with Crippen LogP contribution in [0.25, 0.3) is 21.5 Å². The zero-order chi connectivity index (χ0) is 29.9. The van der Waals surface area contributed by atoms with Crippen molar-refractivity contribution >= 4 is 32.7 Å². The van der Waals surface area contributed by atoms with Gasteiger partial charge in [0.05, 0.1) is 23.0 Å². The molecule has 1 saturated heterocycles. The van der Waals surface area contributed by atoms with E-state index >= 15 is 0 Å². The first-order valence-corrected chi connectivity index (χ1v) is 15.0. The Balaban J connectivity index is 1.05. The Bertz CT molecular complexity index is 1680. The first-order chi connectivity index (χ1) is 20.6. The topological polar surface area (TPSA) is 97.9 Å². The summed E-state index contributed by atoms with van der Waals surface area (Å²) < 4.78 is 70.7. The van der Waals surface area contributed by atoms with Crippen LogP contribution in [0.15, 0.2) is 40.9 Å². The third-order valence-electron chi connectivity index (χ3n) is 8.55. The molecule has 2 aliphatic carbocycles. The molecule has 0 unspecified atom stereocenters. The number of halogens is 4. The molecule has 3 heterocycles. The number of carbonyl (C=O) groups is 1. The lowest BCUT2D eigenvalue weighted by Gasteiger charge is -2.30. The predicted molar refractivity (Wildman–Crippen MR) is 149 cm³/mol. The van der Waals surface area contributed by atoms with Crippen LogP contribution in [0, 0.1) is 17.7 Å². The van der Waals surface area contributed by atoms with Crippen molar-refractivity contribution < 1.29 is 41.5 Å². The van der Waals surface area contributed by atoms with Gasteiger partial charge in [-0.25, -0.2) is 14.2 Å². The summed E-state index contributed by atoms with van der Waals surface area (Å²) in [5, 5.41) is 14.1. The molecule has 3 aliphatic rings. The Morgan fingerprint density at radius 1 is 1.12 bits per heavy atom. The highest BCUT2D eigenvalue weighted by Gasteiger charge is 2.40. The number of thiazole rings is 1. The van der Waals surface area contributed by atoms with Crippen molar-refractivity contribution in [1.82, 2.24) is 10.1 Å². The minimum Gasteiger partial charge on any atom is -0.478 e. The molecule has 43 heavy (non-hydrogen) atoms. The maximum absolute atomic E-state index is 14.5. The number of carboxylic acids is 1. The number of para-hydroxylation sites is 1. The van der Waals surface area contributed by atoms with Gasteiger partial charge in [-0.3, -0.25) is 0 Å². The predicted octanol–water partition coefficient (Wildman–Crippen LogP) is 7.39. The molecule has 0 radical (unpaired) electrons. The smallest absolute Gasteiger partial charge is 0.478 e. The van der Waals surface area contributed by atoms with E-state index < -0.39 is 18.1 Å². The van der Waals surface area contributed by atoms with Crippen LogP contribution in [0.4, 0.5) is 22.7 Å². The van der Waals surface area contributed by atoms with Crippen molar-refractivity contribution in [1.29, 1.82) is 0 Å². The number of aromatic nitrogens is 2. The Hall–Kier alpha value is -3.71. The number of hydrogen-bond donors (Lipinski definition) is 1. The van der Waals surface area contributed by atoms with Gasteiger partial charge in [0.2, 0.25) is 0 Å². The van der Waals surface area contributed by atoms with Gasteiger partial charge < -0.3 is 24.0 Å². The number of rotatable bonds is 8. The molecule has 0 amide bonds. The van der Waals surface area contributed by atoms with Crippen LogP contribution in [-0.4, -0.2) is 46.8 Å². The fourth-order valence-corrected chi connectivity index (χ4v) is 7.39. The molecule has 4 aromatic rings. The molecule has 13 heteroatoms. The highest BCUT2D eigenvalue weighted by Crippen LogP contribution is 2.47. The summed E-state index contributed by atoms with van der Waals surface area (Å²) in [5.41, 5.74) is 1.24. The monoisotopic (exact) mass is 617 g/mol. The minimum atomic E-state index is -4.84. The summed E-state index contributed by atoms with van der Waals surface area (Å²) in [7, 11) is 0. The van der Waals surface area contributed by atoms with Gasteiger partial charge in [0.1, 0.15) is 22.7 Å². The van der Waals surface area contributed by atoms with E-state index in [2.05, 4.69) is 19.8 Å². The third-order valence-corrected chi connectivity index (χ3v) is 9.62. The van der Waals surface area contributed by atoms with Gasteiger partial charge in [0.25, 0.3) is 0 Å². The van der Waals surface area contributed by atoms with E-state index in [0.717, 1.165) is 51.3 Å². The van der Waals surface area contributed by atoms with Gasteiger partial charge in [-0.2, -0.15) is 0 Å². The van der Waals surface area contributed by atoms with Crippen molar-refractivity contribution in [2.24, 2.45) is 11.8 Å². The standard InChI is InChI=1S/C30H27F4N3O5S/c31-22-10-17(28(38)39)11-24-26(22)35-29(43-24)37-12-16-7-8-19(9-18(16)13-37)40-14-21-25(36-42-27(21)15-5-6-15)20-3-1-2-4-23(20)41-30(32,33)34/h1-4,10-11,15-16,18-19H,5-9,12-14H2,(H,38,39)/t16-,18+,19+/m1/s1. The first kappa shape index (κ1) is 28.1. The molecule has 2 aromatic heterocycles. The number of nitrogens with zero attached hydrogens (tertiary/aromatic N) is 3. The van der Waals surface area contributed by atoms with Crippen LogP contribution in [0.2, 0.25) is 0 Å². The average molecular weight is 618 g/mol. The van der Waals surface area contributed by atoms with E-state index in [1.54, 1.807) is 6.07 Å². The second-order valence-corrected chi connectivity index (χ2v) is 12.5. The molecule has 2 saturated carbocycles. The van der Waals surface area contributed by atoms with Crippen LogP contribution in [-0.2, 0) is 11.3 Å². The van der Waals surface area contributed by atoms with Crippen LogP contribution < -0.4 is 9.64 Å². The van der Waals surface area contributed by atoms with E-state index in [4.69, 9.17) is 9.26 Å². The molecule has 0 spiro atoms. The van der Waals surface area contributed by atoms with Crippen molar-refractivity contribution in [2.45, 2.75) is 57.1 Å². The largest absolute Gasteiger partial charge is 0.573 e. The van der Waals surface area contributed by atoms with Crippen LogP contribution in [0.5, 0.6) is 5.75 Å². The maximum atomic E-state index is 14.5. The second-order valence-electron chi connectivity index (χ2n) is 11.5. The average Bonchev–Trinajstić information content (AvgIpc) is 3.36. The third kappa shape index (κ3) is 5.67. The van der Waals surface area contributed by atoms with Crippen molar-refractivity contribution in [3.05, 3.63) is 59.1 Å². The lowest BCUT2D eigenvalue weighted by molar-refractivity contribution is -0.274. The molecule has 7 rings (SSSR count). The summed E-state index contributed by atoms with van der Waals surface area (Å²) in [6, 6.07) is 8.36. The highest BCUT2D eigenvalue weighted by atomic mass is 32.1. The molecule has 0 bridgehead atoms. The molecule has 8 nitrogen and oxygen atoms in total. The van der Waals surface area contributed by atoms with Crippen molar-refractivity contribution in [3.8, 4) is 17.0 Å². The zero-order valence-corrected chi connectivity index (χ0v) is 23.6. The lowest BCUT2D eigenvalue weighted by Crippen LogP contribution is -2.28. The molecular formula is C30H27F4N3O5S. The normalized spacial score (nSPS) is 22.2. The second kappa shape index (κ2) is 10.8. The van der Waals surface area contributed by atoms with Gasteiger partial charge in [-0.1, -0.05) is 28.6 Å². The summed E-state index contributed by atoms with van der Waals surface area (Å²) in [6.45, 7) is 1.67. The molecular weight excluding hydrogens is 590 g/mol. The Morgan fingerprint density at radius 2 is 1.91 bits per heavy atom. The van der Waals surface area contributed by atoms with E-state index in [0.29, 0.717) is 38.7 Å². The number of carboxylic acid groups (broad SMARTS) is 1. The first-order valence-electron chi connectivity index (χ1n) is 14.2. The zero-order valence-electron chi connectivity index (χ0n) is 22.8. The fourth-order valence-electron chi connectivity index (χ4n) is 6.35. The van der Waals surface area contributed by atoms with Crippen LogP contribution in [0.3, 0.4) is 0 Å². The summed E-state index contributed by atoms with van der Waals surface area (Å²) in [5.74, 6) is -0.579. The van der Waals surface area contributed by atoms with E-state index in [1.807, 2.05) is 0 Å². The Morgan fingerprint density at radius 3 is 2.67 bits per heavy atom. The number of hydrogen-bond acceptors (Lipinski definition) is 8. The SMILES string of the molecule is O=C(O)c1cc(F)c2nc(N3C[C@H]4CC[C@H](OCc5c(-c6ccccc6OC(F)(F)F)noc5C5CC5)C[C@H]4C3)sc2c1. The number of fused-ring (bicyclic) bond motifs is 2. The molecule has 1 N–H and O–H groups in total. The quantitative estimate of drug-likeness (QED) is 0.205. The number of aromatic carboxylic acids is 1. The highest BCUT2D eigenvalue weighted by molar-refractivity contribution is 7.22. The molecule has 3 atom stereocenters. The van der Waals surface area contributed by atoms with E-state index in [1.165, 1.54) is 35.6 Å². The van der Waals surface area contributed by atoms with Crippen LogP contribution >= 0.6 is 11.3 Å². The number of benzene rings is 2. The van der Waals surface area contributed by atoms with E-state index in [-0.39, 0.29) is 41.0 Å². The molecule has 3 fully saturated rings. The number of alkyl halides is 3. The van der Waals surface area contributed by atoms with Gasteiger partial charge in [0.15, 0.2) is 10.9 Å². The van der Waals surface area contributed by atoms with Gasteiger partial charge in [-0.15, -0.1) is 13.2 Å². The van der Waals surface area contributed by atoms with Gasteiger partial charge in [0, 0.05) is 30.1 Å². The molecule has 2 aromatic carbocycles. The minimum absolute atomic E-state index is 0.0522. The number of ether oxygens (including phenoxy) is 2.